The van der Waals surface area contributed by atoms with Crippen molar-refractivity contribution in [2.75, 3.05) is 40.9 Å². The minimum atomic E-state index is -0.689. The molecular weight excluding hydrogens is 284 g/mol. The van der Waals surface area contributed by atoms with Crippen LogP contribution >= 0.6 is 0 Å². The molecule has 2 amide bonds. The number of hydrogen-bond acceptors (Lipinski definition) is 4. The molecule has 0 N–H and O–H groups in total. The number of carbonyl (C=O) groups is 2. The van der Waals surface area contributed by atoms with Crippen molar-refractivity contribution in [3.63, 3.8) is 0 Å². The maximum atomic E-state index is 12.7. The molecule has 0 atom stereocenters. The summed E-state index contributed by atoms with van der Waals surface area (Å²) >= 11 is 0. The van der Waals surface area contributed by atoms with Gasteiger partial charge in [-0.2, -0.15) is 5.10 Å². The van der Waals surface area contributed by atoms with Gasteiger partial charge in [0.25, 0.3) is 0 Å². The van der Waals surface area contributed by atoms with Crippen LogP contribution in [0.2, 0.25) is 0 Å². The number of likely N-dealkylation sites (N-methyl/N-ethyl adjacent to an activating group) is 1. The largest absolute Gasteiger partial charge is 0.384 e. The minimum absolute atomic E-state index is 0.0280. The fourth-order valence-electron chi connectivity index (χ4n) is 2.95. The fraction of sp³-hybridized carbons (Fsp3) is 0.667. The Balaban J connectivity index is 2.12. The lowest BCUT2D eigenvalue weighted by atomic mass is 9.86. The molecule has 2 rings (SSSR count). The van der Waals surface area contributed by atoms with Crippen molar-refractivity contribution in [1.82, 2.24) is 19.6 Å². The number of hydrogen-bond donors (Lipinski definition) is 0. The SMILES string of the molecule is COCCC(=O)N1CCC(C(=O)N(C)C)(n2cccn2)CC1. The molecule has 7 nitrogen and oxygen atoms in total. The highest BCUT2D eigenvalue weighted by atomic mass is 16.5. The Morgan fingerprint density at radius 3 is 2.50 bits per heavy atom. The first-order valence-electron chi connectivity index (χ1n) is 7.50. The minimum Gasteiger partial charge on any atom is -0.384 e. The monoisotopic (exact) mass is 308 g/mol. The van der Waals surface area contributed by atoms with Crippen molar-refractivity contribution >= 4 is 11.8 Å². The molecule has 0 radical (unpaired) electrons. The first kappa shape index (κ1) is 16.5. The van der Waals surface area contributed by atoms with E-state index >= 15 is 0 Å². The van der Waals surface area contributed by atoms with E-state index in [-0.39, 0.29) is 11.8 Å². The first-order chi connectivity index (χ1) is 10.5. The zero-order chi connectivity index (χ0) is 16.2. The van der Waals surface area contributed by atoms with Gasteiger partial charge in [-0.05, 0) is 18.9 Å². The van der Waals surface area contributed by atoms with E-state index in [0.29, 0.717) is 39.0 Å². The van der Waals surface area contributed by atoms with E-state index in [9.17, 15) is 9.59 Å². The van der Waals surface area contributed by atoms with Gasteiger partial charge < -0.3 is 14.5 Å². The molecule has 1 aliphatic heterocycles. The van der Waals surface area contributed by atoms with Gasteiger partial charge in [0.15, 0.2) is 0 Å². The summed E-state index contributed by atoms with van der Waals surface area (Å²) in [6.07, 6.45) is 5.03. The summed E-state index contributed by atoms with van der Waals surface area (Å²) in [4.78, 5) is 28.2. The van der Waals surface area contributed by atoms with Crippen molar-refractivity contribution in [2.24, 2.45) is 0 Å². The van der Waals surface area contributed by atoms with Gasteiger partial charge in [-0.3, -0.25) is 14.3 Å². The van der Waals surface area contributed by atoms with Crippen LogP contribution in [0.15, 0.2) is 18.5 Å². The van der Waals surface area contributed by atoms with Crippen molar-refractivity contribution in [3.05, 3.63) is 18.5 Å². The Morgan fingerprint density at radius 2 is 2.00 bits per heavy atom. The zero-order valence-electron chi connectivity index (χ0n) is 13.5. The standard InChI is InChI=1S/C15H24N4O3/c1-17(2)14(21)15(19-9-4-8-16-19)6-10-18(11-7-15)13(20)5-12-22-3/h4,8-9H,5-7,10-12H2,1-3H3. The second kappa shape index (κ2) is 6.91. The molecule has 1 fully saturated rings. The molecule has 22 heavy (non-hydrogen) atoms. The van der Waals surface area contributed by atoms with Gasteiger partial charge in [0, 0.05) is 46.7 Å². The zero-order valence-corrected chi connectivity index (χ0v) is 13.5. The smallest absolute Gasteiger partial charge is 0.250 e. The lowest BCUT2D eigenvalue weighted by Crippen LogP contribution is -2.55. The molecule has 1 aliphatic rings. The predicted molar refractivity (Wildman–Crippen MR) is 81.2 cm³/mol. The van der Waals surface area contributed by atoms with E-state index in [4.69, 9.17) is 4.74 Å². The summed E-state index contributed by atoms with van der Waals surface area (Å²) in [5.74, 6) is 0.105. The quantitative estimate of drug-likeness (QED) is 0.786. The van der Waals surface area contributed by atoms with E-state index < -0.39 is 5.54 Å². The molecule has 0 spiro atoms. The summed E-state index contributed by atoms with van der Waals surface area (Å²) in [5.41, 5.74) is -0.689. The lowest BCUT2D eigenvalue weighted by molar-refractivity contribution is -0.145. The Bertz CT molecular complexity index is 505. The van der Waals surface area contributed by atoms with Crippen LogP contribution in [-0.2, 0) is 19.9 Å². The Hall–Kier alpha value is -1.89. The number of piperidine rings is 1. The Morgan fingerprint density at radius 1 is 1.32 bits per heavy atom. The Labute approximate surface area is 130 Å². The summed E-state index contributed by atoms with van der Waals surface area (Å²) in [6.45, 7) is 1.54. The van der Waals surface area contributed by atoms with E-state index in [1.54, 1.807) is 37.0 Å². The highest BCUT2D eigenvalue weighted by Crippen LogP contribution is 2.31. The van der Waals surface area contributed by atoms with Crippen molar-refractivity contribution in [3.8, 4) is 0 Å². The fourth-order valence-corrected chi connectivity index (χ4v) is 2.95. The molecule has 122 valence electrons. The number of methoxy groups -OCH3 is 1. The van der Waals surface area contributed by atoms with Crippen LogP contribution in [0.4, 0.5) is 0 Å². The van der Waals surface area contributed by atoms with Gasteiger partial charge in [-0.15, -0.1) is 0 Å². The second-order valence-electron chi connectivity index (χ2n) is 5.81. The third kappa shape index (κ3) is 3.14. The third-order valence-electron chi connectivity index (χ3n) is 4.21. The van der Waals surface area contributed by atoms with Crippen LogP contribution in [0.5, 0.6) is 0 Å². The van der Waals surface area contributed by atoms with E-state index in [1.807, 2.05) is 17.2 Å². The highest BCUT2D eigenvalue weighted by molar-refractivity contribution is 5.85. The average molecular weight is 308 g/mol. The van der Waals surface area contributed by atoms with Crippen LogP contribution in [-0.4, -0.2) is 72.3 Å². The number of likely N-dealkylation sites (tertiary alicyclic amines) is 1. The maximum absolute atomic E-state index is 12.7. The molecule has 1 saturated heterocycles. The predicted octanol–water partition coefficient (Wildman–Crippen LogP) is 0.326. The number of amides is 2. The number of ether oxygens (including phenoxy) is 1. The van der Waals surface area contributed by atoms with Gasteiger partial charge in [-0.1, -0.05) is 0 Å². The van der Waals surface area contributed by atoms with Crippen LogP contribution in [0.1, 0.15) is 19.3 Å². The van der Waals surface area contributed by atoms with Crippen LogP contribution in [0.3, 0.4) is 0 Å². The first-order valence-corrected chi connectivity index (χ1v) is 7.50. The topological polar surface area (TPSA) is 67.7 Å². The number of carbonyl (C=O) groups excluding carboxylic acids is 2. The van der Waals surface area contributed by atoms with E-state index in [2.05, 4.69) is 5.10 Å². The average Bonchev–Trinajstić information content (AvgIpc) is 3.06. The Kier molecular flexibility index (Phi) is 5.18. The maximum Gasteiger partial charge on any atom is 0.250 e. The molecule has 2 heterocycles. The van der Waals surface area contributed by atoms with Gasteiger partial charge in [0.05, 0.1) is 13.0 Å². The van der Waals surface area contributed by atoms with Crippen molar-refractivity contribution < 1.29 is 14.3 Å². The van der Waals surface area contributed by atoms with Gasteiger partial charge >= 0.3 is 0 Å². The highest BCUT2D eigenvalue weighted by Gasteiger charge is 2.45. The van der Waals surface area contributed by atoms with Crippen LogP contribution in [0, 0.1) is 0 Å². The molecule has 7 heteroatoms. The van der Waals surface area contributed by atoms with E-state index in [1.165, 1.54) is 0 Å². The number of aromatic nitrogens is 2. The molecule has 0 saturated carbocycles. The number of nitrogens with zero attached hydrogens (tertiary/aromatic N) is 4. The van der Waals surface area contributed by atoms with Crippen LogP contribution < -0.4 is 0 Å². The molecule has 0 aromatic carbocycles. The molecule has 0 aliphatic carbocycles. The summed E-state index contributed by atoms with van der Waals surface area (Å²) < 4.78 is 6.69. The summed E-state index contributed by atoms with van der Waals surface area (Å²) in [5, 5.41) is 4.28. The van der Waals surface area contributed by atoms with Gasteiger partial charge in [0.1, 0.15) is 5.54 Å². The van der Waals surface area contributed by atoms with Gasteiger partial charge in [-0.25, -0.2) is 0 Å². The van der Waals surface area contributed by atoms with Crippen molar-refractivity contribution in [1.29, 1.82) is 0 Å². The lowest BCUT2D eigenvalue weighted by Gasteiger charge is -2.42. The third-order valence-corrected chi connectivity index (χ3v) is 4.21. The molecule has 0 bridgehead atoms. The van der Waals surface area contributed by atoms with Crippen molar-refractivity contribution in [2.45, 2.75) is 24.8 Å². The normalized spacial score (nSPS) is 17.3. The number of rotatable bonds is 5. The molecule has 0 unspecified atom stereocenters. The molecule has 1 aromatic rings. The van der Waals surface area contributed by atoms with Gasteiger partial charge in [0.2, 0.25) is 11.8 Å². The second-order valence-corrected chi connectivity index (χ2v) is 5.81. The molecular formula is C15H24N4O3. The molecule has 1 aromatic heterocycles. The summed E-state index contributed by atoms with van der Waals surface area (Å²) in [7, 11) is 5.09. The van der Waals surface area contributed by atoms with E-state index in [0.717, 1.165) is 0 Å². The van der Waals surface area contributed by atoms with Crippen LogP contribution in [0.25, 0.3) is 0 Å². The summed E-state index contributed by atoms with van der Waals surface area (Å²) in [6, 6.07) is 1.82.